The second-order valence-electron chi connectivity index (χ2n) is 3.34. The van der Waals surface area contributed by atoms with Gasteiger partial charge in [0, 0.05) is 12.7 Å². The van der Waals surface area contributed by atoms with E-state index in [1.807, 2.05) is 30.6 Å². The molecule has 0 amide bonds. The summed E-state index contributed by atoms with van der Waals surface area (Å²) in [6.45, 7) is 2.56. The van der Waals surface area contributed by atoms with Crippen molar-refractivity contribution < 1.29 is 0 Å². The van der Waals surface area contributed by atoms with Crippen molar-refractivity contribution in [1.29, 1.82) is 0 Å². The molecule has 15 heavy (non-hydrogen) atoms. The molecule has 0 aliphatic rings. The van der Waals surface area contributed by atoms with Crippen LogP contribution < -0.4 is 5.73 Å². The van der Waals surface area contributed by atoms with Crippen molar-refractivity contribution in [2.24, 2.45) is 5.73 Å². The summed E-state index contributed by atoms with van der Waals surface area (Å²) in [6.07, 6.45) is 4.83. The summed E-state index contributed by atoms with van der Waals surface area (Å²) >= 11 is 0. The fourth-order valence-electron chi connectivity index (χ4n) is 1.38. The maximum atomic E-state index is 5.54. The van der Waals surface area contributed by atoms with E-state index in [-0.39, 0.29) is 0 Å². The summed E-state index contributed by atoms with van der Waals surface area (Å²) in [5.41, 5.74) is 7.62. The van der Waals surface area contributed by atoms with E-state index in [1.54, 1.807) is 4.68 Å². The first-order valence-corrected chi connectivity index (χ1v) is 5.03. The van der Waals surface area contributed by atoms with Crippen molar-refractivity contribution in [3.63, 3.8) is 0 Å². The number of rotatable bonds is 3. The Bertz CT molecular complexity index is 447. The predicted molar refractivity (Wildman–Crippen MR) is 58.6 cm³/mol. The Labute approximate surface area is 88.8 Å². The lowest BCUT2D eigenvalue weighted by molar-refractivity contribution is 0.828. The number of hydrogen-bond acceptors (Lipinski definition) is 3. The molecule has 0 aliphatic carbocycles. The summed E-state index contributed by atoms with van der Waals surface area (Å²) in [5, 5.41) is 4.25. The minimum atomic E-state index is 0.454. The van der Waals surface area contributed by atoms with E-state index in [9.17, 15) is 0 Å². The molecule has 0 bridgehead atoms. The van der Waals surface area contributed by atoms with Gasteiger partial charge in [0.15, 0.2) is 5.82 Å². The molecule has 4 heteroatoms. The lowest BCUT2D eigenvalue weighted by atomic mass is 10.3. The van der Waals surface area contributed by atoms with Gasteiger partial charge >= 0.3 is 0 Å². The van der Waals surface area contributed by atoms with Crippen molar-refractivity contribution in [3.8, 4) is 5.82 Å². The topological polar surface area (TPSA) is 56.7 Å². The molecular formula is C11H14N4. The van der Waals surface area contributed by atoms with Gasteiger partial charge in [0.05, 0.1) is 11.9 Å². The monoisotopic (exact) mass is 202 g/mol. The van der Waals surface area contributed by atoms with E-state index in [0.29, 0.717) is 6.54 Å². The minimum absolute atomic E-state index is 0.454. The number of aryl methyl sites for hydroxylation is 1. The lowest BCUT2D eigenvalue weighted by Crippen LogP contribution is -2.04. The summed E-state index contributed by atoms with van der Waals surface area (Å²) in [7, 11) is 0. The molecule has 2 aromatic heterocycles. The summed E-state index contributed by atoms with van der Waals surface area (Å²) < 4.78 is 1.78. The van der Waals surface area contributed by atoms with Gasteiger partial charge in [0.2, 0.25) is 0 Å². The van der Waals surface area contributed by atoms with Crippen molar-refractivity contribution >= 4 is 0 Å². The van der Waals surface area contributed by atoms with Crippen molar-refractivity contribution in [2.75, 3.05) is 0 Å². The van der Waals surface area contributed by atoms with E-state index in [2.05, 4.69) is 17.0 Å². The number of pyridine rings is 1. The molecule has 0 saturated heterocycles. The van der Waals surface area contributed by atoms with E-state index in [1.165, 1.54) is 5.56 Å². The Kier molecular flexibility index (Phi) is 2.78. The van der Waals surface area contributed by atoms with Crippen LogP contribution in [0.2, 0.25) is 0 Å². The van der Waals surface area contributed by atoms with Gasteiger partial charge in [-0.2, -0.15) is 5.10 Å². The number of nitrogens with two attached hydrogens (primary N) is 1. The van der Waals surface area contributed by atoms with Gasteiger partial charge in [0.25, 0.3) is 0 Å². The smallest absolute Gasteiger partial charge is 0.153 e. The van der Waals surface area contributed by atoms with Crippen molar-refractivity contribution in [2.45, 2.75) is 19.9 Å². The molecule has 0 spiro atoms. The summed E-state index contributed by atoms with van der Waals surface area (Å²) in [4.78, 5) is 4.38. The van der Waals surface area contributed by atoms with Crippen LogP contribution in [0.5, 0.6) is 0 Å². The summed E-state index contributed by atoms with van der Waals surface area (Å²) in [5.74, 6) is 0.817. The molecule has 0 fully saturated rings. The van der Waals surface area contributed by atoms with Crippen LogP contribution in [0.15, 0.2) is 30.6 Å². The Morgan fingerprint density at radius 2 is 2.27 bits per heavy atom. The molecule has 0 radical (unpaired) electrons. The molecule has 2 heterocycles. The van der Waals surface area contributed by atoms with Gasteiger partial charge in [-0.15, -0.1) is 0 Å². The molecule has 0 saturated carbocycles. The highest BCUT2D eigenvalue weighted by Crippen LogP contribution is 2.06. The second kappa shape index (κ2) is 4.23. The van der Waals surface area contributed by atoms with Crippen LogP contribution >= 0.6 is 0 Å². The zero-order chi connectivity index (χ0) is 10.7. The Morgan fingerprint density at radius 1 is 1.40 bits per heavy atom. The van der Waals surface area contributed by atoms with E-state index in [4.69, 9.17) is 5.73 Å². The fourth-order valence-corrected chi connectivity index (χ4v) is 1.38. The molecule has 78 valence electrons. The molecule has 0 aromatic carbocycles. The number of aromatic nitrogens is 3. The molecular weight excluding hydrogens is 188 g/mol. The average Bonchev–Trinajstić information content (AvgIpc) is 2.78. The van der Waals surface area contributed by atoms with Crippen LogP contribution in [0.3, 0.4) is 0 Å². The second-order valence-corrected chi connectivity index (χ2v) is 3.34. The van der Waals surface area contributed by atoms with E-state index >= 15 is 0 Å². The van der Waals surface area contributed by atoms with Crippen molar-refractivity contribution in [1.82, 2.24) is 14.8 Å². The van der Waals surface area contributed by atoms with Crippen LogP contribution in [-0.2, 0) is 13.0 Å². The van der Waals surface area contributed by atoms with Gasteiger partial charge in [-0.25, -0.2) is 9.67 Å². The van der Waals surface area contributed by atoms with Gasteiger partial charge in [0.1, 0.15) is 0 Å². The molecule has 2 aromatic rings. The van der Waals surface area contributed by atoms with Crippen molar-refractivity contribution in [3.05, 3.63) is 41.9 Å². The lowest BCUT2D eigenvalue weighted by Gasteiger charge is -2.01. The Morgan fingerprint density at radius 3 is 2.93 bits per heavy atom. The maximum absolute atomic E-state index is 5.54. The highest BCUT2D eigenvalue weighted by atomic mass is 15.3. The van der Waals surface area contributed by atoms with Gasteiger partial charge in [-0.1, -0.05) is 13.0 Å². The maximum Gasteiger partial charge on any atom is 0.153 e. The number of nitrogens with zero attached hydrogens (tertiary/aromatic N) is 3. The highest BCUT2D eigenvalue weighted by molar-refractivity contribution is 5.24. The van der Waals surface area contributed by atoms with Crippen LogP contribution in [0, 0.1) is 0 Å². The molecule has 2 rings (SSSR count). The third kappa shape index (κ3) is 2.05. The summed E-state index contributed by atoms with van der Waals surface area (Å²) in [6, 6.07) is 5.77. The van der Waals surface area contributed by atoms with Crippen LogP contribution in [0.1, 0.15) is 18.2 Å². The first-order valence-electron chi connectivity index (χ1n) is 5.03. The zero-order valence-electron chi connectivity index (χ0n) is 8.72. The highest BCUT2D eigenvalue weighted by Gasteiger charge is 2.01. The van der Waals surface area contributed by atoms with E-state index in [0.717, 1.165) is 17.9 Å². The molecule has 0 aliphatic heterocycles. The first kappa shape index (κ1) is 9.86. The predicted octanol–water partition coefficient (Wildman–Crippen LogP) is 1.29. The first-order chi connectivity index (χ1) is 7.33. The Balaban J connectivity index is 2.35. The molecule has 2 N–H and O–H groups in total. The normalized spacial score (nSPS) is 10.5. The molecule has 4 nitrogen and oxygen atoms in total. The third-order valence-electron chi connectivity index (χ3n) is 2.28. The zero-order valence-corrected chi connectivity index (χ0v) is 8.72. The van der Waals surface area contributed by atoms with Gasteiger partial charge in [-0.05, 0) is 24.1 Å². The van der Waals surface area contributed by atoms with Crippen LogP contribution in [0.4, 0.5) is 0 Å². The quantitative estimate of drug-likeness (QED) is 0.815. The third-order valence-corrected chi connectivity index (χ3v) is 2.28. The van der Waals surface area contributed by atoms with E-state index < -0.39 is 0 Å². The Hall–Kier alpha value is -1.68. The standard InChI is InChI=1S/C11H14N4/c1-2-9-7-13-15(8-9)11-5-3-4-10(6-12)14-11/h3-5,7-8H,2,6,12H2,1H3. The molecule has 0 unspecified atom stereocenters. The minimum Gasteiger partial charge on any atom is -0.325 e. The largest absolute Gasteiger partial charge is 0.325 e. The molecule has 0 atom stereocenters. The SMILES string of the molecule is CCc1cnn(-c2cccc(CN)n2)c1. The van der Waals surface area contributed by atoms with Gasteiger partial charge in [-0.3, -0.25) is 0 Å². The van der Waals surface area contributed by atoms with Crippen LogP contribution in [-0.4, -0.2) is 14.8 Å². The van der Waals surface area contributed by atoms with Gasteiger partial charge < -0.3 is 5.73 Å². The van der Waals surface area contributed by atoms with Crippen LogP contribution in [0.25, 0.3) is 5.82 Å². The number of hydrogen-bond donors (Lipinski definition) is 1. The average molecular weight is 202 g/mol. The fraction of sp³-hybridized carbons (Fsp3) is 0.273.